The molecule has 1 amide bonds. The smallest absolute Gasteiger partial charge is 0.256 e. The lowest BCUT2D eigenvalue weighted by molar-refractivity contribution is 0.0943. The first-order valence-electron chi connectivity index (χ1n) is 10.6. The zero-order valence-corrected chi connectivity index (χ0v) is 18.1. The maximum atomic E-state index is 14.2. The minimum atomic E-state index is -0.342. The van der Waals surface area contributed by atoms with Crippen LogP contribution in [0.1, 0.15) is 24.2 Å². The van der Waals surface area contributed by atoms with Gasteiger partial charge in [-0.2, -0.15) is 0 Å². The molecule has 0 bridgehead atoms. The largest absolute Gasteiger partial charge is 0.366 e. The molecule has 0 atom stereocenters. The average molecular weight is 437 g/mol. The van der Waals surface area contributed by atoms with Gasteiger partial charge in [0.1, 0.15) is 23.0 Å². The highest BCUT2D eigenvalue weighted by Gasteiger charge is 2.25. The van der Waals surface area contributed by atoms with E-state index in [-0.39, 0.29) is 23.6 Å². The first-order chi connectivity index (χ1) is 15.4. The van der Waals surface area contributed by atoms with Crippen molar-refractivity contribution < 1.29 is 13.6 Å². The normalized spacial score (nSPS) is 14.0. The Morgan fingerprint density at radius 2 is 1.62 bits per heavy atom. The van der Waals surface area contributed by atoms with Crippen molar-refractivity contribution in [3.63, 3.8) is 0 Å². The predicted octanol–water partition coefficient (Wildman–Crippen LogP) is 3.89. The van der Waals surface area contributed by atoms with Gasteiger partial charge in [0, 0.05) is 44.0 Å². The van der Waals surface area contributed by atoms with E-state index in [2.05, 4.69) is 15.3 Å². The highest BCUT2D eigenvalue weighted by atomic mass is 19.1. The number of amides is 1. The minimum absolute atomic E-state index is 0.0370. The molecule has 2 heterocycles. The van der Waals surface area contributed by atoms with Gasteiger partial charge in [-0.05, 0) is 50.2 Å². The molecule has 1 aliphatic heterocycles. The van der Waals surface area contributed by atoms with Gasteiger partial charge in [0.2, 0.25) is 0 Å². The number of rotatable bonds is 5. The molecule has 1 N–H and O–H groups in total. The van der Waals surface area contributed by atoms with E-state index in [0.717, 1.165) is 0 Å². The fourth-order valence-electron chi connectivity index (χ4n) is 3.72. The Hall–Kier alpha value is -3.55. The van der Waals surface area contributed by atoms with Gasteiger partial charge >= 0.3 is 0 Å². The topological polar surface area (TPSA) is 61.4 Å². The van der Waals surface area contributed by atoms with Crippen molar-refractivity contribution in [1.82, 2.24) is 15.3 Å². The Balaban J connectivity index is 1.63. The van der Waals surface area contributed by atoms with Crippen LogP contribution in [-0.2, 0) is 0 Å². The third kappa shape index (κ3) is 4.69. The maximum absolute atomic E-state index is 14.2. The van der Waals surface area contributed by atoms with Crippen molar-refractivity contribution in [3.8, 4) is 11.4 Å². The van der Waals surface area contributed by atoms with Crippen LogP contribution in [-0.4, -0.2) is 48.1 Å². The molecular weight excluding hydrogens is 412 g/mol. The molecule has 0 unspecified atom stereocenters. The van der Waals surface area contributed by atoms with Crippen LogP contribution in [0.2, 0.25) is 0 Å². The van der Waals surface area contributed by atoms with Crippen LogP contribution in [0.15, 0.2) is 54.7 Å². The van der Waals surface area contributed by atoms with Crippen LogP contribution < -0.4 is 15.1 Å². The molecule has 6 nitrogen and oxygen atoms in total. The fraction of sp³-hybridized carbons (Fsp3) is 0.292. The van der Waals surface area contributed by atoms with Gasteiger partial charge < -0.3 is 15.1 Å². The molecule has 0 saturated carbocycles. The van der Waals surface area contributed by atoms with Gasteiger partial charge in [0.25, 0.3) is 5.91 Å². The molecular formula is C24H25F2N5O. The molecule has 0 aliphatic carbocycles. The minimum Gasteiger partial charge on any atom is -0.366 e. The maximum Gasteiger partial charge on any atom is 0.256 e. The number of piperazine rings is 1. The van der Waals surface area contributed by atoms with Gasteiger partial charge in [-0.15, -0.1) is 0 Å². The zero-order chi connectivity index (χ0) is 22.7. The number of carbonyl (C=O) groups excluding carboxylic acids is 1. The van der Waals surface area contributed by atoms with Gasteiger partial charge in [-0.25, -0.2) is 18.7 Å². The highest BCUT2D eigenvalue weighted by molar-refractivity contribution is 5.99. The van der Waals surface area contributed by atoms with Crippen molar-refractivity contribution in [2.45, 2.75) is 19.9 Å². The standard InChI is InChI=1S/C24H25F2N5O/c1-16(2)28-24(32)19-15-27-22(17-7-9-18(25)10-8-17)29-23(19)31-13-11-30(12-14-31)21-6-4-3-5-20(21)26/h3-10,15-16H,11-14H2,1-2H3,(H,28,32). The SMILES string of the molecule is CC(C)NC(=O)c1cnc(-c2ccc(F)cc2)nc1N1CCN(c2ccccc2F)CC1. The fourth-order valence-corrected chi connectivity index (χ4v) is 3.72. The monoisotopic (exact) mass is 437 g/mol. The van der Waals surface area contributed by atoms with Gasteiger partial charge in [-0.1, -0.05) is 12.1 Å². The summed E-state index contributed by atoms with van der Waals surface area (Å²) in [6.07, 6.45) is 1.52. The molecule has 166 valence electrons. The van der Waals surface area contributed by atoms with E-state index in [0.29, 0.717) is 54.6 Å². The Kier molecular flexibility index (Phi) is 6.30. The van der Waals surface area contributed by atoms with E-state index in [1.54, 1.807) is 24.3 Å². The first-order valence-corrected chi connectivity index (χ1v) is 10.6. The molecule has 0 spiro atoms. The molecule has 1 aromatic heterocycles. The highest BCUT2D eigenvalue weighted by Crippen LogP contribution is 2.26. The Bertz CT molecular complexity index is 1100. The number of hydrogen-bond donors (Lipinski definition) is 1. The summed E-state index contributed by atoms with van der Waals surface area (Å²) in [5.41, 5.74) is 1.61. The number of benzene rings is 2. The van der Waals surface area contributed by atoms with Crippen LogP contribution in [0.3, 0.4) is 0 Å². The van der Waals surface area contributed by atoms with Crippen molar-refractivity contribution >= 4 is 17.4 Å². The molecule has 1 fully saturated rings. The van der Waals surface area contributed by atoms with E-state index in [9.17, 15) is 13.6 Å². The number of para-hydroxylation sites is 1. The average Bonchev–Trinajstić information content (AvgIpc) is 2.79. The summed E-state index contributed by atoms with van der Waals surface area (Å²) in [4.78, 5) is 25.9. The summed E-state index contributed by atoms with van der Waals surface area (Å²) in [7, 11) is 0. The third-order valence-electron chi connectivity index (χ3n) is 5.31. The van der Waals surface area contributed by atoms with E-state index in [1.165, 1.54) is 24.4 Å². The Labute approximate surface area is 185 Å². The van der Waals surface area contributed by atoms with Crippen molar-refractivity contribution in [2.24, 2.45) is 0 Å². The number of halogens is 2. The summed E-state index contributed by atoms with van der Waals surface area (Å²) in [5.74, 6) is 0.0882. The molecule has 1 aliphatic rings. The first kappa shape index (κ1) is 21.7. The van der Waals surface area contributed by atoms with E-state index < -0.39 is 0 Å². The lowest BCUT2D eigenvalue weighted by atomic mass is 10.1. The zero-order valence-electron chi connectivity index (χ0n) is 18.1. The van der Waals surface area contributed by atoms with E-state index in [4.69, 9.17) is 0 Å². The summed E-state index contributed by atoms with van der Waals surface area (Å²) >= 11 is 0. The van der Waals surface area contributed by atoms with Crippen LogP contribution in [0, 0.1) is 11.6 Å². The van der Waals surface area contributed by atoms with Gasteiger partial charge in [0.05, 0.1) is 5.69 Å². The van der Waals surface area contributed by atoms with E-state index >= 15 is 0 Å². The number of anilines is 2. The Morgan fingerprint density at radius 1 is 0.969 bits per heavy atom. The lowest BCUT2D eigenvalue weighted by Crippen LogP contribution is -2.48. The second-order valence-electron chi connectivity index (χ2n) is 7.99. The summed E-state index contributed by atoms with van der Waals surface area (Å²) in [6, 6.07) is 12.6. The number of aromatic nitrogens is 2. The molecule has 0 radical (unpaired) electrons. The van der Waals surface area contributed by atoms with Crippen molar-refractivity contribution in [2.75, 3.05) is 36.0 Å². The van der Waals surface area contributed by atoms with Crippen LogP contribution in [0.25, 0.3) is 11.4 Å². The van der Waals surface area contributed by atoms with Crippen LogP contribution >= 0.6 is 0 Å². The molecule has 2 aromatic carbocycles. The molecule has 8 heteroatoms. The van der Waals surface area contributed by atoms with E-state index in [1.807, 2.05) is 29.7 Å². The molecule has 32 heavy (non-hydrogen) atoms. The molecule has 4 rings (SSSR count). The lowest BCUT2D eigenvalue weighted by Gasteiger charge is -2.37. The molecule has 1 saturated heterocycles. The summed E-state index contributed by atoms with van der Waals surface area (Å²) in [6.45, 7) is 6.08. The second kappa shape index (κ2) is 9.30. The second-order valence-corrected chi connectivity index (χ2v) is 7.99. The molecule has 3 aromatic rings. The number of carbonyl (C=O) groups is 1. The predicted molar refractivity (Wildman–Crippen MR) is 121 cm³/mol. The van der Waals surface area contributed by atoms with Crippen molar-refractivity contribution in [3.05, 3.63) is 71.9 Å². The Morgan fingerprint density at radius 3 is 2.28 bits per heavy atom. The quantitative estimate of drug-likeness (QED) is 0.656. The summed E-state index contributed by atoms with van der Waals surface area (Å²) < 4.78 is 27.5. The van der Waals surface area contributed by atoms with Gasteiger partial charge in [0.15, 0.2) is 5.82 Å². The van der Waals surface area contributed by atoms with Crippen LogP contribution in [0.4, 0.5) is 20.3 Å². The van der Waals surface area contributed by atoms with Crippen molar-refractivity contribution in [1.29, 1.82) is 0 Å². The summed E-state index contributed by atoms with van der Waals surface area (Å²) in [5, 5.41) is 2.89. The number of nitrogens with zero attached hydrogens (tertiary/aromatic N) is 4. The number of nitrogens with one attached hydrogen (secondary N) is 1. The number of hydrogen-bond acceptors (Lipinski definition) is 5. The van der Waals surface area contributed by atoms with Crippen LogP contribution in [0.5, 0.6) is 0 Å². The van der Waals surface area contributed by atoms with Gasteiger partial charge in [-0.3, -0.25) is 4.79 Å². The third-order valence-corrected chi connectivity index (χ3v) is 5.31.